The van der Waals surface area contributed by atoms with E-state index in [0.29, 0.717) is 37.0 Å². The molecule has 0 amide bonds. The van der Waals surface area contributed by atoms with Gasteiger partial charge in [0.2, 0.25) is 16.0 Å². The molecule has 1 saturated heterocycles. The maximum atomic E-state index is 12.8. The minimum absolute atomic E-state index is 0.336. The van der Waals surface area contributed by atoms with Crippen molar-refractivity contribution in [3.05, 3.63) is 46.7 Å². The van der Waals surface area contributed by atoms with Crippen molar-refractivity contribution in [1.82, 2.24) is 14.3 Å². The highest BCUT2D eigenvalue weighted by Crippen LogP contribution is 2.23. The average molecular weight is 397 g/mol. The van der Waals surface area contributed by atoms with E-state index >= 15 is 0 Å². The first-order valence-electron chi connectivity index (χ1n) is 7.27. The van der Waals surface area contributed by atoms with Crippen LogP contribution in [0.2, 0.25) is 0 Å². The fourth-order valence-corrected chi connectivity index (χ4v) is 4.26. The Morgan fingerprint density at radius 2 is 1.74 bits per heavy atom. The van der Waals surface area contributed by atoms with Crippen LogP contribution in [0.3, 0.4) is 0 Å². The van der Waals surface area contributed by atoms with Crippen LogP contribution in [0.1, 0.15) is 5.56 Å². The van der Waals surface area contributed by atoms with Crippen molar-refractivity contribution in [1.29, 1.82) is 0 Å². The molecule has 122 valence electrons. The molecule has 1 aliphatic rings. The summed E-state index contributed by atoms with van der Waals surface area (Å²) in [5.41, 5.74) is 0.905. The van der Waals surface area contributed by atoms with E-state index in [4.69, 9.17) is 0 Å². The first-order valence-corrected chi connectivity index (χ1v) is 9.50. The number of hydrogen-bond acceptors (Lipinski definition) is 5. The third kappa shape index (κ3) is 3.39. The molecule has 0 aliphatic carbocycles. The molecule has 0 radical (unpaired) electrons. The van der Waals surface area contributed by atoms with Gasteiger partial charge in [0.15, 0.2) is 0 Å². The van der Waals surface area contributed by atoms with Crippen molar-refractivity contribution < 1.29 is 8.42 Å². The zero-order valence-corrected chi connectivity index (χ0v) is 15.1. The highest BCUT2D eigenvalue weighted by Gasteiger charge is 2.29. The van der Waals surface area contributed by atoms with Crippen LogP contribution in [0.4, 0.5) is 5.95 Å². The van der Waals surface area contributed by atoms with Crippen LogP contribution in [0.5, 0.6) is 0 Å². The topological polar surface area (TPSA) is 66.4 Å². The summed E-state index contributed by atoms with van der Waals surface area (Å²) in [7, 11) is -3.46. The molecular weight excluding hydrogens is 380 g/mol. The van der Waals surface area contributed by atoms with E-state index in [1.807, 2.05) is 11.8 Å². The first-order chi connectivity index (χ1) is 11.0. The Morgan fingerprint density at radius 3 is 2.35 bits per heavy atom. The molecule has 2 heterocycles. The van der Waals surface area contributed by atoms with Crippen LogP contribution in [-0.4, -0.2) is 48.9 Å². The number of anilines is 1. The van der Waals surface area contributed by atoms with E-state index in [9.17, 15) is 8.42 Å². The quantitative estimate of drug-likeness (QED) is 0.793. The first kappa shape index (κ1) is 16.4. The second kappa shape index (κ2) is 6.54. The fraction of sp³-hybridized carbons (Fsp3) is 0.333. The van der Waals surface area contributed by atoms with Crippen molar-refractivity contribution in [3.63, 3.8) is 0 Å². The van der Waals surface area contributed by atoms with E-state index in [-0.39, 0.29) is 0 Å². The smallest absolute Gasteiger partial charge is 0.243 e. The van der Waals surface area contributed by atoms with Gasteiger partial charge in [-0.05, 0) is 36.8 Å². The number of benzene rings is 1. The van der Waals surface area contributed by atoms with Crippen LogP contribution in [0.25, 0.3) is 0 Å². The lowest BCUT2D eigenvalue weighted by Crippen LogP contribution is -2.49. The summed E-state index contributed by atoms with van der Waals surface area (Å²) < 4.78 is 27.9. The SMILES string of the molecule is Cc1cc(S(=O)(=O)N2CCN(c3ncccn3)CC2)ccc1Br. The van der Waals surface area contributed by atoms with Gasteiger partial charge in [0, 0.05) is 43.0 Å². The van der Waals surface area contributed by atoms with E-state index < -0.39 is 10.0 Å². The number of sulfonamides is 1. The monoisotopic (exact) mass is 396 g/mol. The Balaban J connectivity index is 1.75. The third-order valence-corrected chi connectivity index (χ3v) is 6.63. The molecule has 1 fully saturated rings. The van der Waals surface area contributed by atoms with E-state index in [1.165, 1.54) is 4.31 Å². The molecule has 6 nitrogen and oxygen atoms in total. The molecule has 0 spiro atoms. The molecule has 0 saturated carbocycles. The van der Waals surface area contributed by atoms with Crippen LogP contribution in [-0.2, 0) is 10.0 Å². The molecule has 2 aromatic rings. The molecule has 0 N–H and O–H groups in total. The number of aromatic nitrogens is 2. The van der Waals surface area contributed by atoms with Gasteiger partial charge in [-0.15, -0.1) is 0 Å². The number of piperazine rings is 1. The summed E-state index contributed by atoms with van der Waals surface area (Å²) in [6.07, 6.45) is 3.38. The second-order valence-electron chi connectivity index (χ2n) is 5.35. The maximum absolute atomic E-state index is 12.8. The minimum atomic E-state index is -3.46. The van der Waals surface area contributed by atoms with Gasteiger partial charge in [0.25, 0.3) is 0 Å². The summed E-state index contributed by atoms with van der Waals surface area (Å²) >= 11 is 3.40. The zero-order chi connectivity index (χ0) is 16.4. The van der Waals surface area contributed by atoms with E-state index in [1.54, 1.807) is 36.7 Å². The Morgan fingerprint density at radius 1 is 1.09 bits per heavy atom. The van der Waals surface area contributed by atoms with Crippen molar-refractivity contribution in [2.75, 3.05) is 31.1 Å². The van der Waals surface area contributed by atoms with Gasteiger partial charge < -0.3 is 4.90 Å². The Labute approximate surface area is 144 Å². The molecule has 0 unspecified atom stereocenters. The van der Waals surface area contributed by atoms with Crippen molar-refractivity contribution in [3.8, 4) is 0 Å². The summed E-state index contributed by atoms with van der Waals surface area (Å²) in [6.45, 7) is 3.90. The fourth-order valence-electron chi connectivity index (χ4n) is 2.51. The Kier molecular flexibility index (Phi) is 4.65. The molecule has 23 heavy (non-hydrogen) atoms. The molecule has 1 aromatic carbocycles. The van der Waals surface area contributed by atoms with Crippen LogP contribution in [0, 0.1) is 6.92 Å². The van der Waals surface area contributed by atoms with Gasteiger partial charge in [0.1, 0.15) is 0 Å². The molecule has 3 rings (SSSR count). The molecule has 0 atom stereocenters. The molecule has 0 bridgehead atoms. The van der Waals surface area contributed by atoms with E-state index in [0.717, 1.165) is 10.0 Å². The predicted molar refractivity (Wildman–Crippen MR) is 91.9 cm³/mol. The third-order valence-electron chi connectivity index (χ3n) is 3.84. The summed E-state index contributed by atoms with van der Waals surface area (Å²) in [5.74, 6) is 0.643. The van der Waals surface area contributed by atoms with Gasteiger partial charge in [-0.1, -0.05) is 15.9 Å². The van der Waals surface area contributed by atoms with Crippen molar-refractivity contribution >= 4 is 31.9 Å². The van der Waals surface area contributed by atoms with Crippen LogP contribution >= 0.6 is 15.9 Å². The standard InChI is InChI=1S/C15H17BrN4O2S/c1-12-11-13(3-4-14(12)16)23(21,22)20-9-7-19(8-10-20)15-17-5-2-6-18-15/h2-6,11H,7-10H2,1H3. The highest BCUT2D eigenvalue weighted by molar-refractivity contribution is 9.10. The number of aryl methyl sites for hydroxylation is 1. The summed E-state index contributed by atoms with van der Waals surface area (Å²) in [4.78, 5) is 10.8. The number of hydrogen-bond donors (Lipinski definition) is 0. The lowest BCUT2D eigenvalue weighted by molar-refractivity contribution is 0.382. The molecule has 8 heteroatoms. The lowest BCUT2D eigenvalue weighted by Gasteiger charge is -2.33. The van der Waals surface area contributed by atoms with Crippen molar-refractivity contribution in [2.24, 2.45) is 0 Å². The number of halogens is 1. The van der Waals surface area contributed by atoms with Gasteiger partial charge in [0.05, 0.1) is 4.90 Å². The van der Waals surface area contributed by atoms with Crippen molar-refractivity contribution in [2.45, 2.75) is 11.8 Å². The average Bonchev–Trinajstić information content (AvgIpc) is 2.58. The normalized spacial score (nSPS) is 16.5. The van der Waals surface area contributed by atoms with Crippen LogP contribution < -0.4 is 4.90 Å². The van der Waals surface area contributed by atoms with Crippen LogP contribution in [0.15, 0.2) is 46.0 Å². The predicted octanol–water partition coefficient (Wildman–Crippen LogP) is 2.06. The Bertz CT molecular complexity index is 790. The van der Waals surface area contributed by atoms with Gasteiger partial charge >= 0.3 is 0 Å². The number of nitrogens with zero attached hydrogens (tertiary/aromatic N) is 4. The lowest BCUT2D eigenvalue weighted by atomic mass is 10.2. The summed E-state index contributed by atoms with van der Waals surface area (Å²) in [6, 6.07) is 6.88. The maximum Gasteiger partial charge on any atom is 0.243 e. The number of rotatable bonds is 3. The van der Waals surface area contributed by atoms with Gasteiger partial charge in [-0.3, -0.25) is 0 Å². The largest absolute Gasteiger partial charge is 0.338 e. The second-order valence-corrected chi connectivity index (χ2v) is 8.14. The molecular formula is C15H17BrN4O2S. The molecule has 1 aliphatic heterocycles. The van der Waals surface area contributed by atoms with Gasteiger partial charge in [-0.25, -0.2) is 18.4 Å². The zero-order valence-electron chi connectivity index (χ0n) is 12.7. The summed E-state index contributed by atoms with van der Waals surface area (Å²) in [5, 5.41) is 0. The van der Waals surface area contributed by atoms with E-state index in [2.05, 4.69) is 25.9 Å². The minimum Gasteiger partial charge on any atom is -0.338 e. The van der Waals surface area contributed by atoms with Gasteiger partial charge in [-0.2, -0.15) is 4.31 Å². The molecule has 1 aromatic heterocycles. The highest BCUT2D eigenvalue weighted by atomic mass is 79.9. The Hall–Kier alpha value is -1.51.